The van der Waals surface area contributed by atoms with Gasteiger partial charge in [-0.15, -0.1) is 0 Å². The number of oxazole rings is 1. The number of aromatic nitrogens is 1. The van der Waals surface area contributed by atoms with Gasteiger partial charge in [-0.05, 0) is 49.8 Å². The summed E-state index contributed by atoms with van der Waals surface area (Å²) in [5.74, 6) is -0.0698. The van der Waals surface area contributed by atoms with E-state index in [0.717, 1.165) is 19.3 Å². The molecule has 1 aromatic heterocycles. The lowest BCUT2D eigenvalue weighted by Crippen LogP contribution is -2.50. The average Bonchev–Trinajstić information content (AvgIpc) is 2.98. The molecule has 1 atom stereocenters. The van der Waals surface area contributed by atoms with Crippen LogP contribution in [-0.4, -0.2) is 54.9 Å². The lowest BCUT2D eigenvalue weighted by Gasteiger charge is -2.30. The Morgan fingerprint density at radius 3 is 2.68 bits per heavy atom. The van der Waals surface area contributed by atoms with E-state index in [0.29, 0.717) is 30.8 Å². The monoisotopic (exact) mass is 427 g/mol. The minimum absolute atomic E-state index is 0.0325. The fourth-order valence-electron chi connectivity index (χ4n) is 3.34. The number of rotatable bonds is 7. The minimum atomic E-state index is -3.95. The van der Waals surface area contributed by atoms with E-state index in [4.69, 9.17) is 4.42 Å². The Balaban J connectivity index is 1.85. The van der Waals surface area contributed by atoms with Gasteiger partial charge >= 0.3 is 5.76 Å². The number of sulfonamides is 1. The van der Waals surface area contributed by atoms with Gasteiger partial charge in [-0.25, -0.2) is 13.2 Å². The molecule has 1 fully saturated rings. The molecular weight excluding hydrogens is 402 g/mol. The summed E-state index contributed by atoms with van der Waals surface area (Å²) in [6.45, 7) is 1.33. The maximum Gasteiger partial charge on any atom is 0.419 e. The van der Waals surface area contributed by atoms with E-state index in [9.17, 15) is 18.0 Å². The van der Waals surface area contributed by atoms with Crippen LogP contribution in [0.15, 0.2) is 32.3 Å². The molecule has 2 aromatic rings. The first-order valence-electron chi connectivity index (χ1n) is 9.23. The molecule has 1 saturated heterocycles. The predicted octanol–water partition coefficient (Wildman–Crippen LogP) is 1.54. The van der Waals surface area contributed by atoms with Crippen LogP contribution in [0.2, 0.25) is 0 Å². The lowest BCUT2D eigenvalue weighted by molar-refractivity contribution is -0.133. The van der Waals surface area contributed by atoms with Crippen LogP contribution in [0, 0.1) is 0 Å². The quantitative estimate of drug-likeness (QED) is 0.719. The number of piperidine rings is 1. The summed E-state index contributed by atoms with van der Waals surface area (Å²) in [5.41, 5.74) is 0.700. The molecule has 10 heteroatoms. The van der Waals surface area contributed by atoms with Gasteiger partial charge in [0.05, 0.1) is 10.4 Å². The Labute approximate surface area is 168 Å². The summed E-state index contributed by atoms with van der Waals surface area (Å²) < 4.78 is 34.8. The number of aryl methyl sites for hydroxylation is 1. The van der Waals surface area contributed by atoms with Crippen molar-refractivity contribution in [2.24, 2.45) is 7.05 Å². The largest absolute Gasteiger partial charge is 0.419 e. The number of nitrogens with zero attached hydrogens (tertiary/aromatic N) is 2. The van der Waals surface area contributed by atoms with Crippen molar-refractivity contribution >= 4 is 38.8 Å². The van der Waals surface area contributed by atoms with E-state index in [1.807, 2.05) is 6.26 Å². The number of thioether (sulfide) groups is 1. The predicted molar refractivity (Wildman–Crippen MR) is 109 cm³/mol. The molecule has 1 amide bonds. The van der Waals surface area contributed by atoms with Crippen LogP contribution in [0.1, 0.15) is 25.7 Å². The van der Waals surface area contributed by atoms with Crippen LogP contribution in [0.4, 0.5) is 0 Å². The van der Waals surface area contributed by atoms with Crippen molar-refractivity contribution in [3.8, 4) is 0 Å². The molecule has 0 radical (unpaired) electrons. The molecule has 154 valence electrons. The minimum Gasteiger partial charge on any atom is -0.408 e. The molecule has 1 unspecified atom stereocenters. The smallest absolute Gasteiger partial charge is 0.408 e. The van der Waals surface area contributed by atoms with Crippen LogP contribution in [0.5, 0.6) is 0 Å². The molecule has 3 rings (SSSR count). The van der Waals surface area contributed by atoms with Gasteiger partial charge < -0.3 is 9.32 Å². The number of hydrogen-bond donors (Lipinski definition) is 1. The summed E-state index contributed by atoms with van der Waals surface area (Å²) in [7, 11) is -2.39. The van der Waals surface area contributed by atoms with Gasteiger partial charge in [-0.2, -0.15) is 16.5 Å². The SMILES string of the molecule is CSCCC(NS(=O)(=O)c1ccc2c(c1)oc(=O)n2C)C(=O)N1CCCCC1. The van der Waals surface area contributed by atoms with Crippen molar-refractivity contribution in [1.82, 2.24) is 14.2 Å². The maximum absolute atomic E-state index is 12.9. The number of nitrogens with one attached hydrogen (secondary N) is 1. The molecule has 1 aliphatic rings. The summed E-state index contributed by atoms with van der Waals surface area (Å²) in [4.78, 5) is 26.3. The van der Waals surface area contributed by atoms with E-state index in [-0.39, 0.29) is 16.4 Å². The Morgan fingerprint density at radius 1 is 1.29 bits per heavy atom. The third-order valence-corrected chi connectivity index (χ3v) is 7.06. The average molecular weight is 428 g/mol. The Hall–Kier alpha value is -1.78. The van der Waals surface area contributed by atoms with Crippen LogP contribution in [0.25, 0.3) is 11.1 Å². The van der Waals surface area contributed by atoms with Gasteiger partial charge in [0.2, 0.25) is 15.9 Å². The molecule has 0 aliphatic carbocycles. The van der Waals surface area contributed by atoms with Crippen molar-refractivity contribution in [1.29, 1.82) is 0 Å². The highest BCUT2D eigenvalue weighted by Crippen LogP contribution is 2.19. The zero-order valence-corrected chi connectivity index (χ0v) is 17.6. The molecule has 1 aliphatic heterocycles. The maximum atomic E-state index is 12.9. The zero-order valence-electron chi connectivity index (χ0n) is 16.0. The second kappa shape index (κ2) is 8.71. The molecule has 1 aromatic carbocycles. The van der Waals surface area contributed by atoms with Gasteiger partial charge in [0.15, 0.2) is 5.58 Å². The standard InChI is InChI=1S/C18H25N3O5S2/c1-20-15-7-6-13(12-16(15)26-18(20)23)28(24,25)19-14(8-11-27-2)17(22)21-9-4-3-5-10-21/h6-7,12,14,19H,3-5,8-11H2,1-2H3. The number of hydrogen-bond acceptors (Lipinski definition) is 6. The molecule has 8 nitrogen and oxygen atoms in total. The van der Waals surface area contributed by atoms with Crippen LogP contribution < -0.4 is 10.5 Å². The van der Waals surface area contributed by atoms with Crippen LogP contribution in [-0.2, 0) is 21.9 Å². The van der Waals surface area contributed by atoms with E-state index < -0.39 is 21.8 Å². The van der Waals surface area contributed by atoms with Crippen molar-refractivity contribution < 1.29 is 17.6 Å². The molecule has 28 heavy (non-hydrogen) atoms. The first kappa shape index (κ1) is 20.9. The molecule has 0 spiro atoms. The highest BCUT2D eigenvalue weighted by atomic mass is 32.2. The van der Waals surface area contributed by atoms with E-state index >= 15 is 0 Å². The zero-order chi connectivity index (χ0) is 20.3. The highest BCUT2D eigenvalue weighted by molar-refractivity contribution is 7.98. The summed E-state index contributed by atoms with van der Waals surface area (Å²) in [5, 5.41) is 0. The molecule has 0 bridgehead atoms. The van der Waals surface area contributed by atoms with E-state index in [1.165, 1.54) is 22.8 Å². The number of carbonyl (C=O) groups is 1. The summed E-state index contributed by atoms with van der Waals surface area (Å²) in [6.07, 6.45) is 5.31. The van der Waals surface area contributed by atoms with Crippen LogP contribution >= 0.6 is 11.8 Å². The van der Waals surface area contributed by atoms with Gasteiger partial charge in [-0.3, -0.25) is 9.36 Å². The van der Waals surface area contributed by atoms with Crippen LogP contribution in [0.3, 0.4) is 0 Å². The second-order valence-corrected chi connectivity index (χ2v) is 9.60. The second-order valence-electron chi connectivity index (χ2n) is 6.90. The van der Waals surface area contributed by atoms with Gasteiger partial charge in [0.1, 0.15) is 6.04 Å². The lowest BCUT2D eigenvalue weighted by atomic mass is 10.1. The number of amides is 1. The van der Waals surface area contributed by atoms with Gasteiger partial charge in [-0.1, -0.05) is 0 Å². The van der Waals surface area contributed by atoms with Crippen molar-refractivity contribution in [2.45, 2.75) is 36.6 Å². The summed E-state index contributed by atoms with van der Waals surface area (Å²) in [6, 6.07) is 3.44. The third-order valence-electron chi connectivity index (χ3n) is 4.95. The Bertz CT molecular complexity index is 1010. The first-order chi connectivity index (χ1) is 13.3. The fraction of sp³-hybridized carbons (Fsp3) is 0.556. The Morgan fingerprint density at radius 2 is 2.00 bits per heavy atom. The number of likely N-dealkylation sites (tertiary alicyclic amines) is 1. The fourth-order valence-corrected chi connectivity index (χ4v) is 5.05. The number of fused-ring (bicyclic) bond motifs is 1. The van der Waals surface area contributed by atoms with E-state index in [2.05, 4.69) is 4.72 Å². The van der Waals surface area contributed by atoms with Crippen molar-refractivity contribution in [2.75, 3.05) is 25.1 Å². The molecular formula is C18H25N3O5S2. The Kier molecular flexibility index (Phi) is 6.51. The first-order valence-corrected chi connectivity index (χ1v) is 12.1. The topological polar surface area (TPSA) is 102 Å². The highest BCUT2D eigenvalue weighted by Gasteiger charge is 2.30. The number of benzene rings is 1. The third kappa shape index (κ3) is 4.44. The molecule has 1 N–H and O–H groups in total. The van der Waals surface area contributed by atoms with Crippen molar-refractivity contribution in [3.05, 3.63) is 28.7 Å². The normalized spacial score (nSPS) is 16.4. The summed E-state index contributed by atoms with van der Waals surface area (Å²) >= 11 is 1.56. The van der Waals surface area contributed by atoms with Gasteiger partial charge in [0.25, 0.3) is 0 Å². The molecule has 2 heterocycles. The van der Waals surface area contributed by atoms with E-state index in [1.54, 1.807) is 23.7 Å². The van der Waals surface area contributed by atoms with Gasteiger partial charge in [0, 0.05) is 26.2 Å². The number of carbonyl (C=O) groups excluding carboxylic acids is 1. The van der Waals surface area contributed by atoms with Crippen molar-refractivity contribution in [3.63, 3.8) is 0 Å². The molecule has 0 saturated carbocycles.